The van der Waals surface area contributed by atoms with Gasteiger partial charge in [0, 0.05) is 22.7 Å². The van der Waals surface area contributed by atoms with Crippen molar-refractivity contribution in [2.24, 2.45) is 0 Å². The van der Waals surface area contributed by atoms with E-state index in [1.807, 2.05) is 0 Å². The Hall–Kier alpha value is -4.12. The van der Waals surface area contributed by atoms with Gasteiger partial charge in [0.1, 0.15) is 18.4 Å². The molecule has 0 saturated heterocycles. The number of aromatic nitrogens is 1. The molecule has 0 fully saturated rings. The fourth-order valence-electron chi connectivity index (χ4n) is 3.07. The summed E-state index contributed by atoms with van der Waals surface area (Å²) < 4.78 is 6.48. The highest BCUT2D eigenvalue weighted by atomic mass is 16.5. The van der Waals surface area contributed by atoms with Gasteiger partial charge in [0.2, 0.25) is 5.91 Å². The van der Waals surface area contributed by atoms with E-state index in [0.717, 1.165) is 0 Å². The zero-order chi connectivity index (χ0) is 19.7. The first kappa shape index (κ1) is 17.3. The van der Waals surface area contributed by atoms with E-state index in [2.05, 4.69) is 16.7 Å². The van der Waals surface area contributed by atoms with Gasteiger partial charge in [0.05, 0.1) is 11.3 Å². The van der Waals surface area contributed by atoms with Crippen LogP contribution in [-0.2, 0) is 16.1 Å². The van der Waals surface area contributed by atoms with E-state index in [0.29, 0.717) is 33.5 Å². The molecule has 3 aromatic rings. The van der Waals surface area contributed by atoms with E-state index in [1.54, 1.807) is 42.5 Å². The number of hydrogen-bond acceptors (Lipinski definition) is 5. The number of pyridine rings is 1. The molecule has 8 nitrogen and oxygen atoms in total. The number of carbonyl (C=O) groups excluding carboxylic acids is 2. The average molecular weight is 374 g/mol. The number of nitrogens with one attached hydrogen (secondary N) is 2. The highest BCUT2D eigenvalue weighted by Gasteiger charge is 2.17. The molecule has 2 amide bonds. The molecule has 0 saturated carbocycles. The minimum Gasteiger partial charge on any atom is -0.482 e. The number of nitriles is 1. The maximum Gasteiger partial charge on any atom is 0.262 e. The Kier molecular flexibility index (Phi) is 4.26. The van der Waals surface area contributed by atoms with Crippen molar-refractivity contribution in [2.45, 2.75) is 6.54 Å². The van der Waals surface area contributed by atoms with Crippen molar-refractivity contribution >= 4 is 34.0 Å². The molecule has 4 rings (SSSR count). The number of fused-ring (bicyclic) bond motifs is 2. The maximum absolute atomic E-state index is 12.6. The third-order valence-corrected chi connectivity index (χ3v) is 4.32. The van der Waals surface area contributed by atoms with E-state index in [1.165, 1.54) is 10.8 Å². The lowest BCUT2D eigenvalue weighted by atomic mass is 10.1. The first-order valence-electron chi connectivity index (χ1n) is 8.44. The van der Waals surface area contributed by atoms with Gasteiger partial charge in [0.25, 0.3) is 11.5 Å². The molecule has 0 aliphatic carbocycles. The second-order valence-electron chi connectivity index (χ2n) is 6.23. The molecular weight excluding hydrogens is 360 g/mol. The first-order valence-corrected chi connectivity index (χ1v) is 8.44. The van der Waals surface area contributed by atoms with Crippen molar-refractivity contribution < 1.29 is 14.3 Å². The van der Waals surface area contributed by atoms with Gasteiger partial charge in [-0.15, -0.1) is 0 Å². The predicted molar refractivity (Wildman–Crippen MR) is 102 cm³/mol. The van der Waals surface area contributed by atoms with Crippen molar-refractivity contribution in [3.63, 3.8) is 0 Å². The Morgan fingerprint density at radius 1 is 1.21 bits per heavy atom. The second kappa shape index (κ2) is 6.89. The Morgan fingerprint density at radius 3 is 2.79 bits per heavy atom. The van der Waals surface area contributed by atoms with Crippen LogP contribution in [-0.4, -0.2) is 23.0 Å². The molecule has 1 aliphatic heterocycles. The summed E-state index contributed by atoms with van der Waals surface area (Å²) in [5.74, 6) is -0.200. The molecule has 2 heterocycles. The molecule has 0 unspecified atom stereocenters. The summed E-state index contributed by atoms with van der Waals surface area (Å²) in [6.45, 7) is -0.302. The zero-order valence-corrected chi connectivity index (χ0v) is 14.6. The Bertz CT molecular complexity index is 1220. The van der Waals surface area contributed by atoms with Gasteiger partial charge in [0.15, 0.2) is 6.61 Å². The van der Waals surface area contributed by atoms with Crippen molar-refractivity contribution in [3.8, 4) is 11.8 Å². The van der Waals surface area contributed by atoms with Crippen LogP contribution in [0.4, 0.5) is 11.4 Å². The summed E-state index contributed by atoms with van der Waals surface area (Å²) in [5.41, 5.74) is 0.875. The summed E-state index contributed by atoms with van der Waals surface area (Å²) in [7, 11) is 0. The highest BCUT2D eigenvalue weighted by molar-refractivity contribution is 5.97. The standard InChI is InChI=1S/C20H14N4O4/c21-8-12-9-24(20(27)15-4-2-1-3-14(12)15)10-18(25)22-13-5-6-17-16(7-13)23-19(26)11-28-17/h1-7,9H,10-11H2,(H,22,25)(H,23,26). The fourth-order valence-corrected chi connectivity index (χ4v) is 3.07. The van der Waals surface area contributed by atoms with E-state index >= 15 is 0 Å². The molecule has 0 radical (unpaired) electrons. The van der Waals surface area contributed by atoms with Crippen LogP contribution in [0.3, 0.4) is 0 Å². The number of benzene rings is 2. The quantitative estimate of drug-likeness (QED) is 0.726. The number of amides is 2. The van der Waals surface area contributed by atoms with Crippen LogP contribution in [0.25, 0.3) is 10.8 Å². The molecule has 0 spiro atoms. The van der Waals surface area contributed by atoms with Crippen LogP contribution in [0.5, 0.6) is 5.75 Å². The fraction of sp³-hybridized carbons (Fsp3) is 0.100. The van der Waals surface area contributed by atoms with Crippen LogP contribution >= 0.6 is 0 Å². The van der Waals surface area contributed by atoms with Gasteiger partial charge in [-0.05, 0) is 24.3 Å². The number of ether oxygens (including phenoxy) is 1. The van der Waals surface area contributed by atoms with E-state index in [4.69, 9.17) is 4.74 Å². The summed E-state index contributed by atoms with van der Waals surface area (Å²) >= 11 is 0. The predicted octanol–water partition coefficient (Wildman–Crippen LogP) is 1.84. The van der Waals surface area contributed by atoms with Crippen molar-refractivity contribution in [2.75, 3.05) is 17.2 Å². The number of nitrogens with zero attached hydrogens (tertiary/aromatic N) is 2. The molecule has 1 aromatic heterocycles. The van der Waals surface area contributed by atoms with Crippen molar-refractivity contribution in [3.05, 3.63) is 64.6 Å². The number of hydrogen-bond donors (Lipinski definition) is 2. The van der Waals surface area contributed by atoms with Crippen LogP contribution in [0.2, 0.25) is 0 Å². The number of carbonyl (C=O) groups is 2. The molecule has 138 valence electrons. The largest absolute Gasteiger partial charge is 0.482 e. The molecule has 1 aliphatic rings. The van der Waals surface area contributed by atoms with E-state index < -0.39 is 5.91 Å². The SMILES string of the molecule is N#Cc1cn(CC(=O)Nc2ccc3c(c2)NC(=O)CO3)c(=O)c2ccccc12. The summed E-state index contributed by atoms with van der Waals surface area (Å²) in [4.78, 5) is 36.5. The number of rotatable bonds is 3. The molecule has 8 heteroatoms. The van der Waals surface area contributed by atoms with Gasteiger partial charge in [-0.3, -0.25) is 14.4 Å². The van der Waals surface area contributed by atoms with E-state index in [-0.39, 0.29) is 24.6 Å². The van der Waals surface area contributed by atoms with Gasteiger partial charge in [-0.1, -0.05) is 18.2 Å². The maximum atomic E-state index is 12.6. The third kappa shape index (κ3) is 3.17. The minimum atomic E-state index is -0.440. The molecule has 2 N–H and O–H groups in total. The summed E-state index contributed by atoms with van der Waals surface area (Å²) in [5, 5.41) is 15.6. The van der Waals surface area contributed by atoms with Gasteiger partial charge in [-0.25, -0.2) is 0 Å². The van der Waals surface area contributed by atoms with Gasteiger partial charge >= 0.3 is 0 Å². The lowest BCUT2D eigenvalue weighted by Crippen LogP contribution is -2.28. The summed E-state index contributed by atoms with van der Waals surface area (Å²) in [6, 6.07) is 13.7. The molecule has 0 atom stereocenters. The van der Waals surface area contributed by atoms with Gasteiger partial charge < -0.3 is 19.9 Å². The molecular formula is C20H14N4O4. The van der Waals surface area contributed by atoms with Crippen LogP contribution in [0, 0.1) is 11.3 Å². The van der Waals surface area contributed by atoms with Crippen molar-refractivity contribution in [1.82, 2.24) is 4.57 Å². The Balaban J connectivity index is 1.59. The molecule has 0 bridgehead atoms. The second-order valence-corrected chi connectivity index (χ2v) is 6.23. The smallest absolute Gasteiger partial charge is 0.262 e. The van der Waals surface area contributed by atoms with Crippen LogP contribution in [0.15, 0.2) is 53.5 Å². The zero-order valence-electron chi connectivity index (χ0n) is 14.6. The third-order valence-electron chi connectivity index (χ3n) is 4.32. The molecule has 28 heavy (non-hydrogen) atoms. The average Bonchev–Trinajstić information content (AvgIpc) is 2.70. The number of anilines is 2. The lowest BCUT2D eigenvalue weighted by Gasteiger charge is -2.18. The Labute approximate surface area is 159 Å². The monoisotopic (exact) mass is 374 g/mol. The minimum absolute atomic E-state index is 0.0508. The first-order chi connectivity index (χ1) is 13.5. The van der Waals surface area contributed by atoms with Crippen LogP contribution in [0.1, 0.15) is 5.56 Å². The van der Waals surface area contributed by atoms with Crippen LogP contribution < -0.4 is 20.9 Å². The molecule has 2 aromatic carbocycles. The Morgan fingerprint density at radius 2 is 2.00 bits per heavy atom. The van der Waals surface area contributed by atoms with E-state index in [9.17, 15) is 19.6 Å². The lowest BCUT2D eigenvalue weighted by molar-refractivity contribution is -0.118. The van der Waals surface area contributed by atoms with Gasteiger partial charge in [-0.2, -0.15) is 5.26 Å². The topological polar surface area (TPSA) is 113 Å². The summed E-state index contributed by atoms with van der Waals surface area (Å²) in [6.07, 6.45) is 1.38. The van der Waals surface area contributed by atoms with Crippen molar-refractivity contribution in [1.29, 1.82) is 5.26 Å². The normalized spacial score (nSPS) is 12.5. The highest BCUT2D eigenvalue weighted by Crippen LogP contribution is 2.30.